The van der Waals surface area contributed by atoms with E-state index in [1.165, 1.54) is 7.11 Å². The summed E-state index contributed by atoms with van der Waals surface area (Å²) < 4.78 is 10.5. The van der Waals surface area contributed by atoms with E-state index < -0.39 is 16.9 Å². The van der Waals surface area contributed by atoms with Crippen molar-refractivity contribution in [2.45, 2.75) is 23.8 Å². The number of ketones is 1. The molecular weight excluding hydrogens is 390 g/mol. The summed E-state index contributed by atoms with van der Waals surface area (Å²) >= 11 is 1.59. The van der Waals surface area contributed by atoms with E-state index in [0.29, 0.717) is 29.9 Å². The Morgan fingerprint density at radius 1 is 1.14 bits per heavy atom. The third kappa shape index (κ3) is 3.40. The maximum atomic E-state index is 12.8. The zero-order valence-electron chi connectivity index (χ0n) is 16.0. The molecule has 0 bridgehead atoms. The fourth-order valence-corrected chi connectivity index (χ4v) is 5.64. The van der Waals surface area contributed by atoms with Gasteiger partial charge in [-0.1, -0.05) is 42.5 Å². The number of hydrogen-bond donors (Lipinski definition) is 0. The van der Waals surface area contributed by atoms with E-state index in [9.17, 15) is 14.4 Å². The van der Waals surface area contributed by atoms with Gasteiger partial charge in [0.05, 0.1) is 12.7 Å². The number of amides is 1. The van der Waals surface area contributed by atoms with Crippen LogP contribution in [0.2, 0.25) is 0 Å². The van der Waals surface area contributed by atoms with Crippen molar-refractivity contribution < 1.29 is 23.9 Å². The van der Waals surface area contributed by atoms with Crippen LogP contribution >= 0.6 is 11.8 Å². The molecule has 29 heavy (non-hydrogen) atoms. The van der Waals surface area contributed by atoms with Gasteiger partial charge in [-0.3, -0.25) is 9.59 Å². The van der Waals surface area contributed by atoms with Gasteiger partial charge in [-0.2, -0.15) is 0 Å². The number of carbonyl (C=O) groups excluding carboxylic acids is 3. The topological polar surface area (TPSA) is 72.9 Å². The van der Waals surface area contributed by atoms with Crippen molar-refractivity contribution in [3.05, 3.63) is 65.7 Å². The molecule has 2 aliphatic heterocycles. The number of ether oxygens (including phenoxy) is 2. The maximum Gasteiger partial charge on any atom is 0.330 e. The standard InChI is InChI=1S/C22H21NO5S/c1-27-19-10-6-5-9-16(19)18(24)13-28-21(26)17-14-29-22(12-11-20(25)23(17)22)15-7-3-2-4-8-15/h2-10,17H,11-14H2,1H3/t17-,22-/m0/s1. The fourth-order valence-electron chi connectivity index (χ4n) is 4.00. The van der Waals surface area contributed by atoms with Crippen molar-refractivity contribution in [1.82, 2.24) is 4.90 Å². The van der Waals surface area contributed by atoms with E-state index in [4.69, 9.17) is 9.47 Å². The van der Waals surface area contributed by atoms with Crippen LogP contribution in [0.25, 0.3) is 0 Å². The number of esters is 1. The lowest BCUT2D eigenvalue weighted by atomic mass is 10.0. The molecule has 4 rings (SSSR count). The van der Waals surface area contributed by atoms with Gasteiger partial charge >= 0.3 is 5.97 Å². The van der Waals surface area contributed by atoms with Gasteiger partial charge in [0.2, 0.25) is 11.7 Å². The van der Waals surface area contributed by atoms with Crippen LogP contribution in [0.5, 0.6) is 5.75 Å². The highest BCUT2D eigenvalue weighted by atomic mass is 32.2. The summed E-state index contributed by atoms with van der Waals surface area (Å²) in [5.74, 6) is -0.0700. The molecule has 2 aromatic rings. The first-order valence-corrected chi connectivity index (χ1v) is 10.4. The number of nitrogens with zero attached hydrogens (tertiary/aromatic N) is 1. The highest BCUT2D eigenvalue weighted by Crippen LogP contribution is 2.54. The van der Waals surface area contributed by atoms with Gasteiger partial charge in [0.1, 0.15) is 16.7 Å². The first-order valence-electron chi connectivity index (χ1n) is 9.41. The minimum absolute atomic E-state index is 0.0585. The van der Waals surface area contributed by atoms with E-state index in [0.717, 1.165) is 5.56 Å². The predicted molar refractivity (Wildman–Crippen MR) is 109 cm³/mol. The molecule has 2 fully saturated rings. The third-order valence-corrected chi connectivity index (χ3v) is 6.97. The molecule has 6 nitrogen and oxygen atoms in total. The van der Waals surface area contributed by atoms with Crippen molar-refractivity contribution in [2.75, 3.05) is 19.5 Å². The first kappa shape index (κ1) is 19.5. The molecule has 1 amide bonds. The number of benzene rings is 2. The van der Waals surface area contributed by atoms with Crippen LogP contribution in [0.4, 0.5) is 0 Å². The Kier molecular flexibility index (Phi) is 5.32. The number of hydrogen-bond acceptors (Lipinski definition) is 6. The summed E-state index contributed by atoms with van der Waals surface area (Å²) in [6, 6.07) is 15.9. The molecule has 0 spiro atoms. The molecular formula is C22H21NO5S. The SMILES string of the molecule is COc1ccccc1C(=O)COC(=O)[C@@H]1CS[C@]2(c3ccccc3)CCC(=O)N12. The first-order chi connectivity index (χ1) is 14.1. The van der Waals surface area contributed by atoms with E-state index in [-0.39, 0.29) is 18.3 Å². The van der Waals surface area contributed by atoms with Crippen LogP contribution in [0.15, 0.2) is 54.6 Å². The van der Waals surface area contributed by atoms with Crippen LogP contribution in [-0.4, -0.2) is 48.1 Å². The quantitative estimate of drug-likeness (QED) is 0.537. The Balaban J connectivity index is 1.48. The summed E-state index contributed by atoms with van der Waals surface area (Å²) in [6.45, 7) is -0.388. The van der Waals surface area contributed by atoms with Gasteiger partial charge in [-0.25, -0.2) is 4.79 Å². The van der Waals surface area contributed by atoms with Crippen molar-refractivity contribution in [2.24, 2.45) is 0 Å². The highest BCUT2D eigenvalue weighted by Gasteiger charge is 2.57. The molecule has 0 aliphatic carbocycles. The maximum absolute atomic E-state index is 12.8. The Labute approximate surface area is 173 Å². The lowest BCUT2D eigenvalue weighted by Gasteiger charge is -2.33. The molecule has 0 unspecified atom stereocenters. The molecule has 0 radical (unpaired) electrons. The number of rotatable bonds is 6. The molecule has 0 aromatic heterocycles. The number of fused-ring (bicyclic) bond motifs is 1. The molecule has 0 saturated carbocycles. The predicted octanol–water partition coefficient (Wildman–Crippen LogP) is 3.01. The van der Waals surface area contributed by atoms with Crippen LogP contribution in [0, 0.1) is 0 Å². The zero-order valence-corrected chi connectivity index (χ0v) is 16.8. The van der Waals surface area contributed by atoms with Crippen LogP contribution in [0.1, 0.15) is 28.8 Å². The van der Waals surface area contributed by atoms with Gasteiger partial charge in [-0.05, 0) is 24.1 Å². The van der Waals surface area contributed by atoms with Crippen LogP contribution in [0.3, 0.4) is 0 Å². The normalized spacial score (nSPS) is 23.0. The van der Waals surface area contributed by atoms with Gasteiger partial charge in [0.25, 0.3) is 0 Å². The third-order valence-electron chi connectivity index (χ3n) is 5.38. The number of Topliss-reactive ketones (excluding diaryl/α,β-unsaturated/α-hetero) is 1. The minimum atomic E-state index is -0.694. The summed E-state index contributed by atoms with van der Waals surface area (Å²) in [6.07, 6.45) is 1.05. The zero-order chi connectivity index (χ0) is 20.4. The van der Waals surface area contributed by atoms with Crippen LogP contribution < -0.4 is 4.74 Å². The lowest BCUT2D eigenvalue weighted by Crippen LogP contribution is -2.47. The molecule has 0 N–H and O–H groups in total. The number of methoxy groups -OCH3 is 1. The number of thioether (sulfide) groups is 1. The Bertz CT molecular complexity index is 947. The van der Waals surface area contributed by atoms with E-state index >= 15 is 0 Å². The summed E-state index contributed by atoms with van der Waals surface area (Å²) in [5, 5.41) is 0. The molecule has 2 heterocycles. The fraction of sp³-hybridized carbons (Fsp3) is 0.318. The van der Waals surface area contributed by atoms with E-state index in [1.54, 1.807) is 40.9 Å². The largest absolute Gasteiger partial charge is 0.496 e. The van der Waals surface area contributed by atoms with Gasteiger partial charge < -0.3 is 14.4 Å². The Morgan fingerprint density at radius 3 is 2.62 bits per heavy atom. The summed E-state index contributed by atoms with van der Waals surface area (Å²) in [5.41, 5.74) is 1.37. The van der Waals surface area contributed by atoms with Crippen molar-refractivity contribution in [1.29, 1.82) is 0 Å². The summed E-state index contributed by atoms with van der Waals surface area (Å²) in [7, 11) is 1.48. The molecule has 2 saturated heterocycles. The highest BCUT2D eigenvalue weighted by molar-refractivity contribution is 8.00. The average Bonchev–Trinajstić information content (AvgIpc) is 3.31. The van der Waals surface area contributed by atoms with Crippen molar-refractivity contribution >= 4 is 29.4 Å². The minimum Gasteiger partial charge on any atom is -0.496 e. The molecule has 7 heteroatoms. The molecule has 2 aliphatic rings. The van der Waals surface area contributed by atoms with Crippen molar-refractivity contribution in [3.8, 4) is 5.75 Å². The smallest absolute Gasteiger partial charge is 0.330 e. The second-order valence-electron chi connectivity index (χ2n) is 6.97. The second-order valence-corrected chi connectivity index (χ2v) is 8.27. The molecule has 2 aromatic carbocycles. The Morgan fingerprint density at radius 2 is 1.86 bits per heavy atom. The average molecular weight is 411 g/mol. The van der Waals surface area contributed by atoms with Crippen LogP contribution in [-0.2, 0) is 19.2 Å². The monoisotopic (exact) mass is 411 g/mol. The summed E-state index contributed by atoms with van der Waals surface area (Å²) in [4.78, 5) is 39.0. The lowest BCUT2D eigenvalue weighted by molar-refractivity contribution is -0.152. The van der Waals surface area contributed by atoms with Gasteiger partial charge in [0.15, 0.2) is 6.61 Å². The number of para-hydroxylation sites is 1. The molecule has 2 atom stereocenters. The van der Waals surface area contributed by atoms with Gasteiger partial charge in [0, 0.05) is 12.2 Å². The number of carbonyl (C=O) groups is 3. The van der Waals surface area contributed by atoms with Gasteiger partial charge in [-0.15, -0.1) is 11.8 Å². The Hall–Kier alpha value is -2.80. The molecule has 150 valence electrons. The van der Waals surface area contributed by atoms with E-state index in [1.807, 2.05) is 30.3 Å². The van der Waals surface area contributed by atoms with E-state index in [2.05, 4.69) is 0 Å². The van der Waals surface area contributed by atoms with Crippen molar-refractivity contribution in [3.63, 3.8) is 0 Å². The second kappa shape index (κ2) is 7.91.